The van der Waals surface area contributed by atoms with Gasteiger partial charge in [-0.3, -0.25) is 10.1 Å². The van der Waals surface area contributed by atoms with Crippen LogP contribution in [0.15, 0.2) is 22.7 Å². The molecule has 1 rings (SSSR count). The topological polar surface area (TPSA) is 108 Å². The Kier molecular flexibility index (Phi) is 5.51. The summed E-state index contributed by atoms with van der Waals surface area (Å²) in [6.07, 6.45) is -1.16. The number of benzene rings is 1. The lowest BCUT2D eigenvalue weighted by molar-refractivity contribution is -0.127. The first kappa shape index (κ1) is 16.0. The number of hydrogen-bond donors (Lipinski definition) is 2. The number of ether oxygens (including phenoxy) is 2. The monoisotopic (exact) mass is 344 g/mol. The zero-order valence-electron chi connectivity index (χ0n) is 10.8. The van der Waals surface area contributed by atoms with Gasteiger partial charge in [-0.05, 0) is 41.1 Å². The lowest BCUT2D eigenvalue weighted by atomic mass is 10.2. The Hall–Kier alpha value is -2.09. The third-order valence-corrected chi connectivity index (χ3v) is 2.98. The van der Waals surface area contributed by atoms with Crippen LogP contribution in [0.25, 0.3) is 0 Å². The zero-order chi connectivity index (χ0) is 15.3. The smallest absolute Gasteiger partial charge is 0.340 e. The summed E-state index contributed by atoms with van der Waals surface area (Å²) in [7, 11) is 1.46. The lowest BCUT2D eigenvalue weighted by Crippen LogP contribution is -2.42. The molecule has 1 aromatic carbocycles. The van der Waals surface area contributed by atoms with Crippen LogP contribution in [0.4, 0.5) is 4.79 Å². The number of esters is 1. The molecule has 0 aromatic heterocycles. The van der Waals surface area contributed by atoms with Gasteiger partial charge in [0.1, 0.15) is 5.75 Å². The average molecular weight is 345 g/mol. The first-order valence-corrected chi connectivity index (χ1v) is 6.29. The van der Waals surface area contributed by atoms with E-state index >= 15 is 0 Å². The van der Waals surface area contributed by atoms with Crippen molar-refractivity contribution in [1.82, 2.24) is 5.32 Å². The SMILES string of the molecule is COc1ccc(Br)c(C(=O)O[C@H](C)C(=O)NC(N)=O)c1. The van der Waals surface area contributed by atoms with Crippen LogP contribution in [0.5, 0.6) is 5.75 Å². The van der Waals surface area contributed by atoms with E-state index in [0.29, 0.717) is 10.2 Å². The highest BCUT2D eigenvalue weighted by atomic mass is 79.9. The van der Waals surface area contributed by atoms with Gasteiger partial charge in [-0.1, -0.05) is 0 Å². The largest absolute Gasteiger partial charge is 0.497 e. The summed E-state index contributed by atoms with van der Waals surface area (Å²) in [4.78, 5) is 33.9. The van der Waals surface area contributed by atoms with Gasteiger partial charge < -0.3 is 15.2 Å². The first-order valence-electron chi connectivity index (χ1n) is 5.50. The number of methoxy groups -OCH3 is 1. The predicted molar refractivity (Wildman–Crippen MR) is 73.3 cm³/mol. The minimum atomic E-state index is -1.16. The number of carbonyl (C=O) groups is 3. The highest BCUT2D eigenvalue weighted by molar-refractivity contribution is 9.10. The molecule has 1 atom stereocenters. The van der Waals surface area contributed by atoms with Crippen LogP contribution in [0, 0.1) is 0 Å². The molecule has 8 heteroatoms. The van der Waals surface area contributed by atoms with Crippen LogP contribution in [0.2, 0.25) is 0 Å². The summed E-state index contributed by atoms with van der Waals surface area (Å²) < 4.78 is 10.4. The molecule has 0 spiro atoms. The number of primary amides is 1. The summed E-state index contributed by atoms with van der Waals surface area (Å²) >= 11 is 3.20. The van der Waals surface area contributed by atoms with Crippen molar-refractivity contribution in [3.63, 3.8) is 0 Å². The Morgan fingerprint density at radius 3 is 2.55 bits per heavy atom. The van der Waals surface area contributed by atoms with Crippen LogP contribution >= 0.6 is 15.9 Å². The van der Waals surface area contributed by atoms with Crippen LogP contribution in [-0.4, -0.2) is 31.1 Å². The summed E-state index contributed by atoms with van der Waals surface area (Å²) in [5, 5.41) is 1.82. The van der Waals surface area contributed by atoms with E-state index in [1.54, 1.807) is 12.1 Å². The Labute approximate surface area is 123 Å². The van der Waals surface area contributed by atoms with E-state index in [1.165, 1.54) is 20.1 Å². The first-order chi connectivity index (χ1) is 9.35. The zero-order valence-corrected chi connectivity index (χ0v) is 12.4. The van der Waals surface area contributed by atoms with Crippen molar-refractivity contribution >= 4 is 33.8 Å². The number of nitrogens with one attached hydrogen (secondary N) is 1. The molecule has 3 amide bonds. The second kappa shape index (κ2) is 6.90. The van der Waals surface area contributed by atoms with Crippen LogP contribution < -0.4 is 15.8 Å². The summed E-state index contributed by atoms with van der Waals surface area (Å²) in [5.74, 6) is -1.07. The van der Waals surface area contributed by atoms with Crippen molar-refractivity contribution in [2.24, 2.45) is 5.73 Å². The van der Waals surface area contributed by atoms with E-state index in [0.717, 1.165) is 0 Å². The third kappa shape index (κ3) is 4.23. The van der Waals surface area contributed by atoms with Crippen LogP contribution in [-0.2, 0) is 9.53 Å². The molecule has 0 bridgehead atoms. The number of rotatable bonds is 4. The highest BCUT2D eigenvalue weighted by Crippen LogP contribution is 2.23. The Balaban J connectivity index is 2.80. The number of urea groups is 1. The van der Waals surface area contributed by atoms with Gasteiger partial charge in [-0.2, -0.15) is 0 Å². The standard InChI is InChI=1S/C12H13BrN2O5/c1-6(10(16)15-12(14)18)20-11(17)8-5-7(19-2)3-4-9(8)13/h3-6H,1-2H3,(H3,14,15,16,18)/t6-/m1/s1. The minimum absolute atomic E-state index is 0.197. The van der Waals surface area contributed by atoms with Crippen LogP contribution in [0.1, 0.15) is 17.3 Å². The fourth-order valence-electron chi connectivity index (χ4n) is 1.29. The molecule has 0 aliphatic heterocycles. The number of hydrogen-bond acceptors (Lipinski definition) is 5. The maximum atomic E-state index is 11.9. The normalized spacial score (nSPS) is 11.3. The molecule has 3 N–H and O–H groups in total. The van der Waals surface area contributed by atoms with Gasteiger partial charge in [0.2, 0.25) is 0 Å². The molecular weight excluding hydrogens is 332 g/mol. The number of carbonyl (C=O) groups excluding carboxylic acids is 3. The Morgan fingerprint density at radius 2 is 2.00 bits per heavy atom. The molecule has 0 radical (unpaired) electrons. The maximum absolute atomic E-state index is 11.9. The number of nitrogens with two attached hydrogens (primary N) is 1. The number of imide groups is 1. The molecule has 0 unspecified atom stereocenters. The second-order valence-corrected chi connectivity index (χ2v) is 4.60. The van der Waals surface area contributed by atoms with Crippen molar-refractivity contribution in [1.29, 1.82) is 0 Å². The molecule has 20 heavy (non-hydrogen) atoms. The van der Waals surface area contributed by atoms with Crippen molar-refractivity contribution in [2.75, 3.05) is 7.11 Å². The molecule has 0 aliphatic carbocycles. The van der Waals surface area contributed by atoms with E-state index < -0.39 is 24.0 Å². The summed E-state index contributed by atoms with van der Waals surface area (Å²) in [5.41, 5.74) is 5.00. The molecule has 0 aliphatic rings. The van der Waals surface area contributed by atoms with E-state index in [9.17, 15) is 14.4 Å². The minimum Gasteiger partial charge on any atom is -0.497 e. The molecule has 0 saturated heterocycles. The van der Waals surface area contributed by atoms with Crippen molar-refractivity contribution in [2.45, 2.75) is 13.0 Å². The quantitative estimate of drug-likeness (QED) is 0.797. The molecule has 0 fully saturated rings. The van der Waals surface area contributed by atoms with E-state index in [-0.39, 0.29) is 5.56 Å². The molecule has 7 nitrogen and oxygen atoms in total. The molecule has 1 aromatic rings. The second-order valence-electron chi connectivity index (χ2n) is 3.75. The number of halogens is 1. The van der Waals surface area contributed by atoms with Crippen molar-refractivity contribution in [3.8, 4) is 5.75 Å². The van der Waals surface area contributed by atoms with Crippen molar-refractivity contribution in [3.05, 3.63) is 28.2 Å². The molecule has 108 valence electrons. The van der Waals surface area contributed by atoms with Gasteiger partial charge in [-0.25, -0.2) is 9.59 Å². The highest BCUT2D eigenvalue weighted by Gasteiger charge is 2.21. The van der Waals surface area contributed by atoms with Gasteiger partial charge >= 0.3 is 12.0 Å². The molecule has 0 saturated carbocycles. The van der Waals surface area contributed by atoms with Gasteiger partial charge in [-0.15, -0.1) is 0 Å². The van der Waals surface area contributed by atoms with Gasteiger partial charge in [0, 0.05) is 4.47 Å². The van der Waals surface area contributed by atoms with E-state index in [4.69, 9.17) is 15.2 Å². The lowest BCUT2D eigenvalue weighted by Gasteiger charge is -2.13. The third-order valence-electron chi connectivity index (χ3n) is 2.29. The van der Waals surface area contributed by atoms with Crippen LogP contribution in [0.3, 0.4) is 0 Å². The van der Waals surface area contributed by atoms with Gasteiger partial charge in [0.05, 0.1) is 12.7 Å². The summed E-state index contributed by atoms with van der Waals surface area (Å²) in [6, 6.07) is 3.72. The molecular formula is C12H13BrN2O5. The fourth-order valence-corrected chi connectivity index (χ4v) is 1.70. The number of amides is 3. The van der Waals surface area contributed by atoms with Gasteiger partial charge in [0.15, 0.2) is 6.10 Å². The molecule has 0 heterocycles. The van der Waals surface area contributed by atoms with E-state index in [2.05, 4.69) is 15.9 Å². The average Bonchev–Trinajstić information content (AvgIpc) is 2.38. The van der Waals surface area contributed by atoms with Gasteiger partial charge in [0.25, 0.3) is 5.91 Å². The summed E-state index contributed by atoms with van der Waals surface area (Å²) in [6.45, 7) is 1.32. The maximum Gasteiger partial charge on any atom is 0.340 e. The van der Waals surface area contributed by atoms with E-state index in [1.807, 2.05) is 5.32 Å². The Bertz CT molecular complexity index is 547. The van der Waals surface area contributed by atoms with Crippen molar-refractivity contribution < 1.29 is 23.9 Å². The fraction of sp³-hybridized carbons (Fsp3) is 0.250. The predicted octanol–water partition coefficient (Wildman–Crippen LogP) is 1.20. The Morgan fingerprint density at radius 1 is 1.35 bits per heavy atom.